The predicted molar refractivity (Wildman–Crippen MR) is 42.4 cm³/mol. The van der Waals surface area contributed by atoms with E-state index in [1.807, 2.05) is 6.92 Å². The number of nitrogens with one attached hydrogen (secondary N) is 1. The number of rotatable bonds is 1. The molecule has 1 aliphatic rings. The molecule has 0 bridgehead atoms. The van der Waals surface area contributed by atoms with Crippen LogP contribution in [0.4, 0.5) is 0 Å². The van der Waals surface area contributed by atoms with Gasteiger partial charge in [0.15, 0.2) is 0 Å². The molecule has 3 unspecified atom stereocenters. The Morgan fingerprint density at radius 3 is 2.64 bits per heavy atom. The first-order chi connectivity index (χ1) is 5.11. The van der Waals surface area contributed by atoms with E-state index in [0.29, 0.717) is 5.92 Å². The molecule has 0 spiro atoms. The van der Waals surface area contributed by atoms with Crippen molar-refractivity contribution in [3.8, 4) is 0 Å². The fourth-order valence-electron chi connectivity index (χ4n) is 1.71. The molecule has 1 rings (SSSR count). The summed E-state index contributed by atoms with van der Waals surface area (Å²) in [5, 5.41) is 11.8. The molecule has 0 aromatic carbocycles. The number of hydrogen-bond acceptors (Lipinski definition) is 2. The molecular weight excluding hydrogens is 142 g/mol. The van der Waals surface area contributed by atoms with Crippen molar-refractivity contribution < 1.29 is 9.90 Å². The molecule has 1 fully saturated rings. The van der Waals surface area contributed by atoms with Gasteiger partial charge in [0.2, 0.25) is 0 Å². The van der Waals surface area contributed by atoms with Gasteiger partial charge in [0.1, 0.15) is 6.04 Å². The number of carbonyl (C=O) groups is 1. The summed E-state index contributed by atoms with van der Waals surface area (Å²) < 4.78 is 0. The highest BCUT2D eigenvalue weighted by atomic mass is 16.4. The lowest BCUT2D eigenvalue weighted by Gasteiger charge is -2.30. The first-order valence-corrected chi connectivity index (χ1v) is 4.07. The summed E-state index contributed by atoms with van der Waals surface area (Å²) in [6, 6.07) is -0.328. The largest absolute Gasteiger partial charge is 0.480 e. The normalized spacial score (nSPS) is 38.5. The zero-order chi connectivity index (χ0) is 8.43. The summed E-state index contributed by atoms with van der Waals surface area (Å²) in [4.78, 5) is 10.6. The number of carboxylic acid groups (broad SMARTS) is 1. The summed E-state index contributed by atoms with van der Waals surface area (Å²) in [7, 11) is 0. The Bertz CT molecular complexity index is 158. The second-order valence-electron chi connectivity index (χ2n) is 3.54. The maximum atomic E-state index is 10.6. The molecule has 64 valence electrons. The Hall–Kier alpha value is -0.570. The lowest BCUT2D eigenvalue weighted by molar-refractivity contribution is -0.141. The van der Waals surface area contributed by atoms with Crippen molar-refractivity contribution in [3.63, 3.8) is 0 Å². The molecule has 2 N–H and O–H groups in total. The lowest BCUT2D eigenvalue weighted by atomic mass is 9.87. The Labute approximate surface area is 66.8 Å². The fourth-order valence-corrected chi connectivity index (χ4v) is 1.71. The summed E-state index contributed by atoms with van der Waals surface area (Å²) >= 11 is 0. The van der Waals surface area contributed by atoms with Crippen molar-refractivity contribution in [2.45, 2.75) is 26.3 Å². The van der Waals surface area contributed by atoms with Crippen molar-refractivity contribution >= 4 is 5.97 Å². The highest BCUT2D eigenvalue weighted by Gasteiger charge is 2.29. The van der Waals surface area contributed by atoms with Crippen LogP contribution in [0.5, 0.6) is 0 Å². The molecule has 0 aromatic rings. The van der Waals surface area contributed by atoms with Crippen LogP contribution < -0.4 is 5.32 Å². The van der Waals surface area contributed by atoms with Gasteiger partial charge in [-0.3, -0.25) is 4.79 Å². The number of aliphatic carboxylic acids is 1. The van der Waals surface area contributed by atoms with Gasteiger partial charge >= 0.3 is 5.97 Å². The van der Waals surface area contributed by atoms with Gasteiger partial charge in [-0.2, -0.15) is 0 Å². The second-order valence-corrected chi connectivity index (χ2v) is 3.54. The van der Waals surface area contributed by atoms with Crippen LogP contribution in [-0.2, 0) is 4.79 Å². The van der Waals surface area contributed by atoms with Crippen LogP contribution in [0.1, 0.15) is 20.3 Å². The van der Waals surface area contributed by atoms with Crippen LogP contribution in [-0.4, -0.2) is 23.7 Å². The van der Waals surface area contributed by atoms with Crippen molar-refractivity contribution in [3.05, 3.63) is 0 Å². The molecule has 0 saturated carbocycles. The van der Waals surface area contributed by atoms with Gasteiger partial charge in [0.05, 0.1) is 0 Å². The second kappa shape index (κ2) is 3.22. The predicted octanol–water partition coefficient (Wildman–Crippen LogP) is 0.705. The smallest absolute Gasteiger partial charge is 0.320 e. The number of hydrogen-bond donors (Lipinski definition) is 2. The minimum atomic E-state index is -0.718. The highest BCUT2D eigenvalue weighted by Crippen LogP contribution is 2.19. The third-order valence-electron chi connectivity index (χ3n) is 2.30. The van der Waals surface area contributed by atoms with Gasteiger partial charge in [-0.1, -0.05) is 13.8 Å². The topological polar surface area (TPSA) is 49.3 Å². The molecule has 1 heterocycles. The molecule has 1 aliphatic heterocycles. The van der Waals surface area contributed by atoms with Crippen LogP contribution in [0.3, 0.4) is 0 Å². The van der Waals surface area contributed by atoms with E-state index < -0.39 is 5.97 Å². The van der Waals surface area contributed by atoms with Gasteiger partial charge in [-0.25, -0.2) is 0 Å². The standard InChI is InChI=1S/C8H15NO2/c1-5-3-6(2)7(8(10)11)9-4-5/h5-7,9H,3-4H2,1-2H3,(H,10,11). The number of piperidine rings is 1. The van der Waals surface area contributed by atoms with Crippen molar-refractivity contribution in [1.29, 1.82) is 0 Å². The zero-order valence-electron chi connectivity index (χ0n) is 7.00. The summed E-state index contributed by atoms with van der Waals surface area (Å²) in [6.45, 7) is 4.96. The summed E-state index contributed by atoms with van der Waals surface area (Å²) in [6.07, 6.45) is 1.02. The van der Waals surface area contributed by atoms with E-state index in [4.69, 9.17) is 5.11 Å². The average Bonchev–Trinajstić information content (AvgIpc) is 1.85. The maximum Gasteiger partial charge on any atom is 0.320 e. The van der Waals surface area contributed by atoms with Crippen LogP contribution in [0.15, 0.2) is 0 Å². The minimum Gasteiger partial charge on any atom is -0.480 e. The van der Waals surface area contributed by atoms with Gasteiger partial charge < -0.3 is 10.4 Å². The van der Waals surface area contributed by atoms with Crippen molar-refractivity contribution in [2.75, 3.05) is 6.54 Å². The third kappa shape index (κ3) is 1.93. The Morgan fingerprint density at radius 1 is 1.55 bits per heavy atom. The molecule has 0 aromatic heterocycles. The average molecular weight is 157 g/mol. The van der Waals surface area contributed by atoms with Crippen LogP contribution in [0.25, 0.3) is 0 Å². The Balaban J connectivity index is 2.50. The van der Waals surface area contributed by atoms with Gasteiger partial charge in [0.25, 0.3) is 0 Å². The van der Waals surface area contributed by atoms with Crippen LogP contribution in [0, 0.1) is 11.8 Å². The molecule has 3 nitrogen and oxygen atoms in total. The molecule has 0 aliphatic carbocycles. The monoisotopic (exact) mass is 157 g/mol. The Kier molecular flexibility index (Phi) is 2.49. The van der Waals surface area contributed by atoms with E-state index in [2.05, 4.69) is 12.2 Å². The maximum absolute atomic E-state index is 10.6. The van der Waals surface area contributed by atoms with E-state index >= 15 is 0 Å². The fraction of sp³-hybridized carbons (Fsp3) is 0.875. The SMILES string of the molecule is CC1CNC(C(=O)O)C(C)C1. The first-order valence-electron chi connectivity index (χ1n) is 4.07. The highest BCUT2D eigenvalue weighted by molar-refractivity contribution is 5.73. The van der Waals surface area contributed by atoms with Gasteiger partial charge in [-0.05, 0) is 24.8 Å². The van der Waals surface area contributed by atoms with E-state index in [9.17, 15) is 4.79 Å². The molecule has 11 heavy (non-hydrogen) atoms. The van der Waals surface area contributed by atoms with E-state index in [-0.39, 0.29) is 12.0 Å². The molecule has 0 radical (unpaired) electrons. The van der Waals surface area contributed by atoms with Crippen molar-refractivity contribution in [2.24, 2.45) is 11.8 Å². The summed E-state index contributed by atoms with van der Waals surface area (Å²) in [5.41, 5.74) is 0. The number of carboxylic acids is 1. The van der Waals surface area contributed by atoms with E-state index in [1.165, 1.54) is 0 Å². The Morgan fingerprint density at radius 2 is 2.18 bits per heavy atom. The van der Waals surface area contributed by atoms with Gasteiger partial charge in [0, 0.05) is 0 Å². The first kappa shape index (κ1) is 8.53. The van der Waals surface area contributed by atoms with E-state index in [1.54, 1.807) is 0 Å². The summed E-state index contributed by atoms with van der Waals surface area (Å²) in [5.74, 6) is 0.154. The lowest BCUT2D eigenvalue weighted by Crippen LogP contribution is -2.48. The van der Waals surface area contributed by atoms with E-state index in [0.717, 1.165) is 13.0 Å². The zero-order valence-corrected chi connectivity index (χ0v) is 7.00. The third-order valence-corrected chi connectivity index (χ3v) is 2.30. The molecule has 3 heteroatoms. The molecular formula is C8H15NO2. The molecule has 1 saturated heterocycles. The van der Waals surface area contributed by atoms with Crippen LogP contribution >= 0.6 is 0 Å². The minimum absolute atomic E-state index is 0.260. The molecule has 3 atom stereocenters. The molecule has 0 amide bonds. The van der Waals surface area contributed by atoms with Gasteiger partial charge in [-0.15, -0.1) is 0 Å². The van der Waals surface area contributed by atoms with Crippen LogP contribution in [0.2, 0.25) is 0 Å². The quantitative estimate of drug-likeness (QED) is 0.589. The van der Waals surface area contributed by atoms with Crippen molar-refractivity contribution in [1.82, 2.24) is 5.32 Å².